The number of carbonyl (C=O) groups excluding carboxylic acids is 1. The third kappa shape index (κ3) is 6.08. The Kier molecular flexibility index (Phi) is 6.64. The highest BCUT2D eigenvalue weighted by atomic mass is 35.5. The van der Waals surface area contributed by atoms with Crippen molar-refractivity contribution in [3.8, 4) is 0 Å². The zero-order valence-corrected chi connectivity index (χ0v) is 17.6. The smallest absolute Gasteiger partial charge is 0.410 e. The number of amides is 1. The van der Waals surface area contributed by atoms with Crippen LogP contribution in [0.15, 0.2) is 35.1 Å². The third-order valence-corrected chi connectivity index (χ3v) is 4.64. The maximum atomic E-state index is 13.9. The van der Waals surface area contributed by atoms with Gasteiger partial charge in [-0.1, -0.05) is 17.7 Å². The van der Waals surface area contributed by atoms with Crippen molar-refractivity contribution in [2.75, 3.05) is 26.2 Å². The van der Waals surface area contributed by atoms with Crippen molar-refractivity contribution in [2.24, 2.45) is 4.99 Å². The first-order valence-corrected chi connectivity index (χ1v) is 9.87. The minimum Gasteiger partial charge on any atom is -0.444 e. The zero-order valence-electron chi connectivity index (χ0n) is 16.8. The predicted octanol–water partition coefficient (Wildman–Crippen LogP) is 3.35. The van der Waals surface area contributed by atoms with E-state index in [2.05, 4.69) is 15.2 Å². The third-order valence-electron chi connectivity index (χ3n) is 4.41. The van der Waals surface area contributed by atoms with Gasteiger partial charge in [0.15, 0.2) is 0 Å². The highest BCUT2D eigenvalue weighted by Crippen LogP contribution is 2.18. The molecular weight excluding hydrogens is 399 g/mol. The second-order valence-electron chi connectivity index (χ2n) is 7.85. The Morgan fingerprint density at radius 1 is 1.31 bits per heavy atom. The molecular formula is C20H26ClFN4O3. The second-order valence-corrected chi connectivity index (χ2v) is 8.28. The maximum Gasteiger partial charge on any atom is 0.410 e. The van der Waals surface area contributed by atoms with Gasteiger partial charge in [-0.05, 0) is 39.0 Å². The Balaban J connectivity index is 1.48. The van der Waals surface area contributed by atoms with Crippen molar-refractivity contribution in [2.45, 2.75) is 39.3 Å². The molecule has 1 atom stereocenters. The number of carbonyl (C=O) groups is 1. The van der Waals surface area contributed by atoms with E-state index >= 15 is 0 Å². The van der Waals surface area contributed by atoms with E-state index in [-0.39, 0.29) is 12.7 Å². The van der Waals surface area contributed by atoms with Crippen LogP contribution in [0.1, 0.15) is 26.3 Å². The van der Waals surface area contributed by atoms with Gasteiger partial charge in [0.05, 0.1) is 6.61 Å². The highest BCUT2D eigenvalue weighted by molar-refractivity contribution is 6.30. The number of hydrogen-bond acceptors (Lipinski definition) is 6. The molecule has 1 fully saturated rings. The number of piperazine rings is 1. The summed E-state index contributed by atoms with van der Waals surface area (Å²) in [5.74, 6) is 0.441. The van der Waals surface area contributed by atoms with Crippen LogP contribution in [0.25, 0.3) is 0 Å². The number of hydrogen-bond donors (Lipinski definition) is 1. The fraction of sp³-hybridized carbons (Fsp3) is 0.500. The molecule has 0 aromatic heterocycles. The summed E-state index contributed by atoms with van der Waals surface area (Å²) in [5.41, 5.74) is -0.0971. The number of benzene rings is 1. The van der Waals surface area contributed by atoms with Crippen molar-refractivity contribution >= 4 is 23.9 Å². The summed E-state index contributed by atoms with van der Waals surface area (Å²) < 4.78 is 25.0. The van der Waals surface area contributed by atoms with Crippen LogP contribution in [0.3, 0.4) is 0 Å². The van der Waals surface area contributed by atoms with Crippen molar-refractivity contribution < 1.29 is 18.7 Å². The molecule has 2 aliphatic rings. The van der Waals surface area contributed by atoms with Gasteiger partial charge in [-0.15, -0.1) is 0 Å². The van der Waals surface area contributed by atoms with Crippen molar-refractivity contribution in [3.63, 3.8) is 0 Å². The van der Waals surface area contributed by atoms with Crippen molar-refractivity contribution in [3.05, 3.63) is 46.5 Å². The van der Waals surface area contributed by atoms with Crippen molar-refractivity contribution in [1.29, 1.82) is 0 Å². The van der Waals surface area contributed by atoms with E-state index in [9.17, 15) is 9.18 Å². The molecule has 0 bridgehead atoms. The largest absolute Gasteiger partial charge is 0.444 e. The van der Waals surface area contributed by atoms with Gasteiger partial charge in [0.1, 0.15) is 17.2 Å². The number of allylic oxidation sites excluding steroid dienone is 1. The normalized spacial score (nSPS) is 19.6. The minimum atomic E-state index is -0.617. The quantitative estimate of drug-likeness (QED) is 0.802. The molecule has 0 spiro atoms. The van der Waals surface area contributed by atoms with Crippen molar-refractivity contribution in [1.82, 2.24) is 15.1 Å². The van der Waals surface area contributed by atoms with Gasteiger partial charge in [0, 0.05) is 43.0 Å². The summed E-state index contributed by atoms with van der Waals surface area (Å²) in [7, 11) is 0. The Morgan fingerprint density at radius 2 is 2.03 bits per heavy atom. The number of aliphatic imine (C=N–C) groups is 1. The van der Waals surface area contributed by atoms with E-state index in [0.717, 1.165) is 5.82 Å². The average molecular weight is 425 g/mol. The molecule has 9 heteroatoms. The lowest BCUT2D eigenvalue weighted by molar-refractivity contribution is 0.00858. The fourth-order valence-corrected chi connectivity index (χ4v) is 3.11. The molecule has 2 aliphatic heterocycles. The molecule has 1 aromatic rings. The van der Waals surface area contributed by atoms with E-state index in [1.807, 2.05) is 26.8 Å². The molecule has 1 N–H and O–H groups in total. The molecule has 1 saturated heterocycles. The monoisotopic (exact) mass is 424 g/mol. The molecule has 1 unspecified atom stereocenters. The lowest BCUT2D eigenvalue weighted by Gasteiger charge is -2.39. The lowest BCUT2D eigenvalue weighted by Crippen LogP contribution is -2.52. The van der Waals surface area contributed by atoms with E-state index in [1.165, 1.54) is 6.07 Å². The predicted molar refractivity (Wildman–Crippen MR) is 109 cm³/mol. The zero-order chi connectivity index (χ0) is 21.0. The number of rotatable bonds is 4. The Labute approximate surface area is 175 Å². The molecule has 0 radical (unpaired) electrons. The summed E-state index contributed by atoms with van der Waals surface area (Å²) in [6, 6.07) is 4.47. The molecule has 3 rings (SSSR count). The summed E-state index contributed by atoms with van der Waals surface area (Å²) in [5, 5.41) is 3.53. The molecule has 158 valence electrons. The standard InChI is InChI=1S/C20H26ClFN4O3/c1-20(2,3)29-19(27)26-10-8-25(9-11-26)17-6-7-23-18(24-17)28-13-14-4-5-15(21)12-16(14)22/h4-7,12,18,24H,8-11,13H2,1-3H3. The summed E-state index contributed by atoms with van der Waals surface area (Å²) >= 11 is 5.77. The lowest BCUT2D eigenvalue weighted by atomic mass is 10.2. The first kappa shape index (κ1) is 21.4. The van der Waals surface area contributed by atoms with Gasteiger partial charge in [0.25, 0.3) is 0 Å². The summed E-state index contributed by atoms with van der Waals surface area (Å²) in [6.07, 6.45) is 2.60. The SMILES string of the molecule is CC(C)(C)OC(=O)N1CCN(C2=CC=NC(OCc3ccc(Cl)cc3F)N2)CC1. The molecule has 2 heterocycles. The van der Waals surface area contributed by atoms with E-state index in [1.54, 1.807) is 23.2 Å². The van der Waals surface area contributed by atoms with Gasteiger partial charge in [-0.3, -0.25) is 0 Å². The first-order chi connectivity index (χ1) is 13.7. The van der Waals surface area contributed by atoms with Crippen LogP contribution in [0.5, 0.6) is 0 Å². The van der Waals surface area contributed by atoms with Crippen LogP contribution in [-0.2, 0) is 16.1 Å². The number of halogens is 2. The Morgan fingerprint density at radius 3 is 2.69 bits per heavy atom. The summed E-state index contributed by atoms with van der Waals surface area (Å²) in [6.45, 7) is 8.07. The number of nitrogens with one attached hydrogen (secondary N) is 1. The fourth-order valence-electron chi connectivity index (χ4n) is 2.95. The van der Waals surface area contributed by atoms with Crippen LogP contribution in [0.4, 0.5) is 9.18 Å². The van der Waals surface area contributed by atoms with Gasteiger partial charge in [-0.25, -0.2) is 14.2 Å². The van der Waals surface area contributed by atoms with Gasteiger partial charge < -0.3 is 24.6 Å². The van der Waals surface area contributed by atoms with Crippen LogP contribution in [0, 0.1) is 5.82 Å². The van der Waals surface area contributed by atoms with Crippen LogP contribution >= 0.6 is 11.6 Å². The van der Waals surface area contributed by atoms with E-state index in [4.69, 9.17) is 21.1 Å². The Hall–Kier alpha value is -2.32. The number of nitrogens with zero attached hydrogens (tertiary/aromatic N) is 3. The molecule has 1 aromatic carbocycles. The Bertz CT molecular complexity index is 801. The van der Waals surface area contributed by atoms with E-state index in [0.29, 0.717) is 36.8 Å². The molecule has 29 heavy (non-hydrogen) atoms. The highest BCUT2D eigenvalue weighted by Gasteiger charge is 2.27. The van der Waals surface area contributed by atoms with Gasteiger partial charge in [-0.2, -0.15) is 0 Å². The summed E-state index contributed by atoms with van der Waals surface area (Å²) in [4.78, 5) is 20.2. The van der Waals surface area contributed by atoms with Crippen LogP contribution in [-0.4, -0.2) is 60.2 Å². The second kappa shape index (κ2) is 9.00. The maximum absolute atomic E-state index is 13.9. The number of ether oxygens (including phenoxy) is 2. The van der Waals surface area contributed by atoms with Crippen LogP contribution < -0.4 is 5.32 Å². The molecule has 0 aliphatic carbocycles. The average Bonchev–Trinajstić information content (AvgIpc) is 2.66. The minimum absolute atomic E-state index is 0.0672. The molecule has 1 amide bonds. The topological polar surface area (TPSA) is 66.4 Å². The molecule has 7 nitrogen and oxygen atoms in total. The van der Waals surface area contributed by atoms with Gasteiger partial charge >= 0.3 is 6.09 Å². The van der Waals surface area contributed by atoms with Crippen LogP contribution in [0.2, 0.25) is 5.02 Å². The van der Waals surface area contributed by atoms with Gasteiger partial charge in [0.2, 0.25) is 6.35 Å². The van der Waals surface area contributed by atoms with E-state index < -0.39 is 17.8 Å². The first-order valence-electron chi connectivity index (χ1n) is 9.50. The molecule has 0 saturated carbocycles.